The van der Waals surface area contributed by atoms with Crippen LogP contribution in [0.15, 0.2) is 18.2 Å². The smallest absolute Gasteiger partial charge is 0.385 e. The zero-order valence-electron chi connectivity index (χ0n) is 11.2. The summed E-state index contributed by atoms with van der Waals surface area (Å²) in [6, 6.07) is 5.00. The molecule has 2 atom stereocenters. The van der Waals surface area contributed by atoms with Crippen molar-refractivity contribution in [3.63, 3.8) is 0 Å². The molecule has 2 aliphatic rings. The first-order chi connectivity index (χ1) is 9.82. The van der Waals surface area contributed by atoms with Crippen LogP contribution in [0.25, 0.3) is 0 Å². The summed E-state index contributed by atoms with van der Waals surface area (Å²) in [5, 5.41) is 19.6. The first-order valence-electron chi connectivity index (χ1n) is 6.81. The average molecular weight is 297 g/mol. The van der Waals surface area contributed by atoms with Crippen molar-refractivity contribution in [2.75, 3.05) is 0 Å². The van der Waals surface area contributed by atoms with Crippen LogP contribution in [0.5, 0.6) is 0 Å². The van der Waals surface area contributed by atoms with E-state index >= 15 is 0 Å². The third kappa shape index (κ3) is 2.52. The lowest BCUT2D eigenvalue weighted by Gasteiger charge is -2.37. The second kappa shape index (κ2) is 4.72. The van der Waals surface area contributed by atoms with Crippen molar-refractivity contribution in [1.29, 1.82) is 5.26 Å². The van der Waals surface area contributed by atoms with Gasteiger partial charge in [0, 0.05) is 12.8 Å². The van der Waals surface area contributed by atoms with Gasteiger partial charge in [-0.15, -0.1) is 0 Å². The van der Waals surface area contributed by atoms with Crippen LogP contribution < -0.4 is 0 Å². The van der Waals surface area contributed by atoms with Gasteiger partial charge in [0.2, 0.25) is 0 Å². The molecule has 0 spiro atoms. The molecule has 2 aliphatic heterocycles. The maximum atomic E-state index is 13.0. The number of ether oxygens (including phenoxy) is 1. The summed E-state index contributed by atoms with van der Waals surface area (Å²) in [5.74, 6) is 0. The van der Waals surface area contributed by atoms with Crippen LogP contribution in [0.4, 0.5) is 13.2 Å². The van der Waals surface area contributed by atoms with Crippen molar-refractivity contribution < 1.29 is 23.0 Å². The molecule has 3 nitrogen and oxygen atoms in total. The number of nitriles is 1. The van der Waals surface area contributed by atoms with E-state index in [-0.39, 0.29) is 17.8 Å². The standard InChI is InChI=1S/C15H14F3NO2/c16-15(17,18)13-5-10(2-1-9(13)8-19)14(20)6-11-3-4-12(7-14)21-11/h1-2,5,11-12,20H,3-4,6-7H2. The van der Waals surface area contributed by atoms with E-state index in [1.165, 1.54) is 6.07 Å². The molecule has 2 bridgehead atoms. The lowest BCUT2D eigenvalue weighted by molar-refractivity contribution is -0.138. The maximum Gasteiger partial charge on any atom is 0.417 e. The lowest BCUT2D eigenvalue weighted by atomic mass is 9.82. The summed E-state index contributed by atoms with van der Waals surface area (Å²) in [4.78, 5) is 0. The van der Waals surface area contributed by atoms with Crippen LogP contribution in [-0.4, -0.2) is 17.3 Å². The predicted octanol–water partition coefficient (Wildman–Crippen LogP) is 3.11. The van der Waals surface area contributed by atoms with Crippen molar-refractivity contribution in [3.05, 3.63) is 34.9 Å². The van der Waals surface area contributed by atoms with E-state index in [1.54, 1.807) is 6.07 Å². The number of nitrogens with zero attached hydrogens (tertiary/aromatic N) is 1. The molecule has 6 heteroatoms. The molecule has 1 aromatic carbocycles. The summed E-state index contributed by atoms with van der Waals surface area (Å²) in [6.07, 6.45) is -2.55. The van der Waals surface area contributed by atoms with E-state index in [0.717, 1.165) is 25.0 Å². The Hall–Kier alpha value is -1.58. The Labute approximate surface area is 120 Å². The first kappa shape index (κ1) is 14.4. The van der Waals surface area contributed by atoms with Gasteiger partial charge < -0.3 is 9.84 Å². The molecule has 21 heavy (non-hydrogen) atoms. The number of aliphatic hydroxyl groups is 1. The number of halogens is 3. The number of fused-ring (bicyclic) bond motifs is 2. The molecule has 1 N–H and O–H groups in total. The third-order valence-corrected chi connectivity index (χ3v) is 4.31. The van der Waals surface area contributed by atoms with Crippen molar-refractivity contribution in [3.8, 4) is 6.07 Å². The summed E-state index contributed by atoms with van der Waals surface area (Å²) < 4.78 is 44.7. The zero-order chi connectivity index (χ0) is 15.3. The van der Waals surface area contributed by atoms with Crippen LogP contribution in [-0.2, 0) is 16.5 Å². The van der Waals surface area contributed by atoms with Crippen LogP contribution in [0.1, 0.15) is 42.4 Å². The maximum absolute atomic E-state index is 13.0. The Morgan fingerprint density at radius 1 is 1.24 bits per heavy atom. The van der Waals surface area contributed by atoms with Crippen molar-refractivity contribution in [1.82, 2.24) is 0 Å². The molecule has 0 radical (unpaired) electrons. The molecule has 2 unspecified atom stereocenters. The van der Waals surface area contributed by atoms with Crippen molar-refractivity contribution in [2.24, 2.45) is 0 Å². The first-order valence-corrected chi connectivity index (χ1v) is 6.81. The quantitative estimate of drug-likeness (QED) is 0.866. The Balaban J connectivity index is 2.01. The minimum atomic E-state index is -4.61. The number of benzene rings is 1. The van der Waals surface area contributed by atoms with Crippen molar-refractivity contribution >= 4 is 0 Å². The molecule has 0 saturated carbocycles. The summed E-state index contributed by atoms with van der Waals surface area (Å²) in [7, 11) is 0. The van der Waals surface area contributed by atoms with Gasteiger partial charge in [0.25, 0.3) is 0 Å². The largest absolute Gasteiger partial charge is 0.417 e. The van der Waals surface area contributed by atoms with Crippen LogP contribution >= 0.6 is 0 Å². The summed E-state index contributed by atoms with van der Waals surface area (Å²) >= 11 is 0. The molecule has 2 fully saturated rings. The summed E-state index contributed by atoms with van der Waals surface area (Å²) in [5.41, 5.74) is -2.51. The van der Waals surface area contributed by atoms with Crippen LogP contribution in [0.3, 0.4) is 0 Å². The van der Waals surface area contributed by atoms with Gasteiger partial charge in [0.1, 0.15) is 0 Å². The Kier molecular flexibility index (Phi) is 3.23. The number of hydrogen-bond donors (Lipinski definition) is 1. The van der Waals surface area contributed by atoms with Crippen molar-refractivity contribution in [2.45, 2.75) is 49.7 Å². The topological polar surface area (TPSA) is 53.2 Å². The molecule has 112 valence electrons. The molecule has 2 saturated heterocycles. The minimum Gasteiger partial charge on any atom is -0.385 e. The Morgan fingerprint density at radius 2 is 1.86 bits per heavy atom. The zero-order valence-corrected chi connectivity index (χ0v) is 11.2. The summed E-state index contributed by atoms with van der Waals surface area (Å²) in [6.45, 7) is 0. The van der Waals surface area contributed by atoms with Crippen LogP contribution in [0.2, 0.25) is 0 Å². The highest BCUT2D eigenvalue weighted by Crippen LogP contribution is 2.45. The minimum absolute atomic E-state index is 0.0984. The fourth-order valence-corrected chi connectivity index (χ4v) is 3.32. The molecule has 0 aliphatic carbocycles. The Morgan fingerprint density at radius 3 is 2.38 bits per heavy atom. The number of hydrogen-bond acceptors (Lipinski definition) is 3. The highest BCUT2D eigenvalue weighted by Gasteiger charge is 2.45. The molecule has 2 heterocycles. The number of alkyl halides is 3. The van der Waals surface area contributed by atoms with Gasteiger partial charge in [-0.3, -0.25) is 0 Å². The molecule has 0 amide bonds. The van der Waals surface area contributed by atoms with Crippen LogP contribution in [0, 0.1) is 11.3 Å². The average Bonchev–Trinajstić information content (AvgIpc) is 2.77. The second-order valence-electron chi connectivity index (χ2n) is 5.77. The van der Waals surface area contributed by atoms with E-state index in [0.29, 0.717) is 12.8 Å². The SMILES string of the molecule is N#Cc1ccc(C2(O)CC3CCC(C2)O3)cc1C(F)(F)F. The van der Waals surface area contributed by atoms with Gasteiger partial charge in [-0.1, -0.05) is 6.07 Å². The highest BCUT2D eigenvalue weighted by molar-refractivity contribution is 5.43. The van der Waals surface area contributed by atoms with E-state index in [1.807, 2.05) is 0 Å². The van der Waals surface area contributed by atoms with E-state index in [9.17, 15) is 18.3 Å². The number of rotatable bonds is 1. The van der Waals surface area contributed by atoms with Gasteiger partial charge in [-0.25, -0.2) is 0 Å². The fraction of sp³-hybridized carbons (Fsp3) is 0.533. The molecule has 0 aromatic heterocycles. The van der Waals surface area contributed by atoms with E-state index in [2.05, 4.69) is 0 Å². The van der Waals surface area contributed by atoms with Gasteiger partial charge in [0.05, 0.1) is 35.0 Å². The van der Waals surface area contributed by atoms with E-state index < -0.39 is 22.9 Å². The Bertz CT molecular complexity index is 594. The molecule has 3 rings (SSSR count). The molecule has 1 aromatic rings. The van der Waals surface area contributed by atoms with Gasteiger partial charge in [0.15, 0.2) is 0 Å². The third-order valence-electron chi connectivity index (χ3n) is 4.31. The lowest BCUT2D eigenvalue weighted by Crippen LogP contribution is -2.38. The monoisotopic (exact) mass is 297 g/mol. The van der Waals surface area contributed by atoms with E-state index in [4.69, 9.17) is 10.00 Å². The normalized spacial score (nSPS) is 32.0. The second-order valence-corrected chi connectivity index (χ2v) is 5.77. The van der Waals surface area contributed by atoms with Gasteiger partial charge in [-0.05, 0) is 30.5 Å². The molecular formula is C15H14F3NO2. The van der Waals surface area contributed by atoms with Gasteiger partial charge >= 0.3 is 6.18 Å². The van der Waals surface area contributed by atoms with Gasteiger partial charge in [-0.2, -0.15) is 18.4 Å². The fourth-order valence-electron chi connectivity index (χ4n) is 3.32. The highest BCUT2D eigenvalue weighted by atomic mass is 19.4. The molecular weight excluding hydrogens is 283 g/mol. The predicted molar refractivity (Wildman–Crippen MR) is 67.2 cm³/mol.